The minimum absolute atomic E-state index is 0.475. The number of nitrogens with zero attached hydrogens (tertiary/aromatic N) is 4. The number of hydrogen-bond acceptors (Lipinski definition) is 4. The Morgan fingerprint density at radius 2 is 1.65 bits per heavy atom. The highest BCUT2D eigenvalue weighted by Gasteiger charge is 2.32. The molecule has 6 heteroatoms. The van der Waals surface area contributed by atoms with Gasteiger partial charge in [-0.25, -0.2) is 0 Å². The molecule has 2 heterocycles. The van der Waals surface area contributed by atoms with Crippen LogP contribution in [0.4, 0.5) is 5.69 Å². The molecule has 0 spiro atoms. The lowest BCUT2D eigenvalue weighted by Gasteiger charge is -2.39. The highest BCUT2D eigenvalue weighted by Crippen LogP contribution is 2.35. The first kappa shape index (κ1) is 20.4. The first-order valence-electron chi connectivity index (χ1n) is 11.1. The zero-order chi connectivity index (χ0) is 21.2. The lowest BCUT2D eigenvalue weighted by atomic mass is 10.1. The van der Waals surface area contributed by atoms with Gasteiger partial charge in [-0.05, 0) is 61.7 Å². The lowest BCUT2D eigenvalue weighted by Crippen LogP contribution is -2.49. The van der Waals surface area contributed by atoms with Crippen LogP contribution in [-0.2, 0) is 0 Å². The third-order valence-corrected chi connectivity index (χ3v) is 7.02. The summed E-state index contributed by atoms with van der Waals surface area (Å²) in [5.41, 5.74) is 3.31. The minimum atomic E-state index is 0.475. The van der Waals surface area contributed by atoms with Crippen LogP contribution in [0, 0.1) is 0 Å². The van der Waals surface area contributed by atoms with Gasteiger partial charge in [-0.3, -0.25) is 9.58 Å². The molecule has 1 aliphatic carbocycles. The van der Waals surface area contributed by atoms with Crippen molar-refractivity contribution in [3.8, 4) is 17.0 Å². The number of ether oxygens (including phenoxy) is 1. The SMILES string of the molecule is COc1ccccc1-c1ccn(C2CCC(N3CCN(c4ccc(Cl)cc4)CC3)C2)n1. The van der Waals surface area contributed by atoms with Crippen LogP contribution in [0.3, 0.4) is 0 Å². The summed E-state index contributed by atoms with van der Waals surface area (Å²) in [6, 6.07) is 19.5. The Morgan fingerprint density at radius 3 is 2.42 bits per heavy atom. The summed E-state index contributed by atoms with van der Waals surface area (Å²) < 4.78 is 7.68. The number of anilines is 1. The Morgan fingerprint density at radius 1 is 0.903 bits per heavy atom. The number of rotatable bonds is 5. The molecule has 0 amide bonds. The van der Waals surface area contributed by atoms with E-state index in [1.165, 1.54) is 24.9 Å². The summed E-state index contributed by atoms with van der Waals surface area (Å²) in [5.74, 6) is 0.871. The second-order valence-corrected chi connectivity index (χ2v) is 8.94. The molecular weight excluding hydrogens is 408 g/mol. The molecule has 162 valence electrons. The molecule has 31 heavy (non-hydrogen) atoms. The molecule has 1 aliphatic heterocycles. The van der Waals surface area contributed by atoms with Crippen molar-refractivity contribution in [1.29, 1.82) is 0 Å². The first-order chi connectivity index (χ1) is 15.2. The van der Waals surface area contributed by atoms with E-state index in [2.05, 4.69) is 44.9 Å². The summed E-state index contributed by atoms with van der Waals surface area (Å²) >= 11 is 6.04. The zero-order valence-electron chi connectivity index (χ0n) is 18.0. The Hall–Kier alpha value is -2.50. The number of piperazine rings is 1. The van der Waals surface area contributed by atoms with Crippen molar-refractivity contribution in [3.05, 3.63) is 65.8 Å². The van der Waals surface area contributed by atoms with Crippen molar-refractivity contribution in [2.24, 2.45) is 0 Å². The maximum atomic E-state index is 6.04. The van der Waals surface area contributed by atoms with Gasteiger partial charge < -0.3 is 9.64 Å². The average Bonchev–Trinajstić information content (AvgIpc) is 3.50. The van der Waals surface area contributed by atoms with Crippen LogP contribution in [-0.4, -0.2) is 54.0 Å². The molecule has 1 aromatic heterocycles. The van der Waals surface area contributed by atoms with Crippen LogP contribution >= 0.6 is 11.6 Å². The highest BCUT2D eigenvalue weighted by molar-refractivity contribution is 6.30. The van der Waals surface area contributed by atoms with Gasteiger partial charge in [-0.2, -0.15) is 5.10 Å². The van der Waals surface area contributed by atoms with Gasteiger partial charge in [-0.15, -0.1) is 0 Å². The number of halogens is 1. The number of methoxy groups -OCH3 is 1. The zero-order valence-corrected chi connectivity index (χ0v) is 18.7. The second-order valence-electron chi connectivity index (χ2n) is 8.50. The molecule has 0 bridgehead atoms. The van der Waals surface area contributed by atoms with Gasteiger partial charge in [0.05, 0.1) is 18.8 Å². The highest BCUT2D eigenvalue weighted by atomic mass is 35.5. The van der Waals surface area contributed by atoms with Crippen LogP contribution in [0.25, 0.3) is 11.3 Å². The van der Waals surface area contributed by atoms with E-state index in [1.54, 1.807) is 7.11 Å². The molecule has 1 saturated carbocycles. The fourth-order valence-electron chi connectivity index (χ4n) is 5.04. The second kappa shape index (κ2) is 8.93. The van der Waals surface area contributed by atoms with Gasteiger partial charge in [-0.1, -0.05) is 23.7 Å². The molecule has 2 atom stereocenters. The molecule has 5 rings (SSSR count). The van der Waals surface area contributed by atoms with E-state index < -0.39 is 0 Å². The Labute approximate surface area is 189 Å². The number of benzene rings is 2. The van der Waals surface area contributed by atoms with Crippen molar-refractivity contribution in [2.45, 2.75) is 31.3 Å². The molecular formula is C25H29ClN4O. The Bertz CT molecular complexity index is 1010. The molecule has 1 saturated heterocycles. The number of aromatic nitrogens is 2. The molecule has 2 unspecified atom stereocenters. The van der Waals surface area contributed by atoms with Crippen LogP contribution in [0.1, 0.15) is 25.3 Å². The summed E-state index contributed by atoms with van der Waals surface area (Å²) in [7, 11) is 1.71. The van der Waals surface area contributed by atoms with Crippen LogP contribution in [0.2, 0.25) is 5.02 Å². The predicted octanol–water partition coefficient (Wildman–Crippen LogP) is 5.13. The van der Waals surface area contributed by atoms with Gasteiger partial charge in [0, 0.05) is 54.7 Å². The summed E-state index contributed by atoms with van der Waals surface area (Å²) in [5, 5.41) is 5.71. The topological polar surface area (TPSA) is 33.5 Å². The van der Waals surface area contributed by atoms with E-state index in [0.717, 1.165) is 48.2 Å². The monoisotopic (exact) mass is 436 g/mol. The summed E-state index contributed by atoms with van der Waals surface area (Å²) in [6.07, 6.45) is 5.74. The van der Waals surface area contributed by atoms with E-state index in [9.17, 15) is 0 Å². The van der Waals surface area contributed by atoms with Crippen molar-refractivity contribution < 1.29 is 4.74 Å². The summed E-state index contributed by atoms with van der Waals surface area (Å²) in [4.78, 5) is 5.14. The maximum absolute atomic E-state index is 6.04. The van der Waals surface area contributed by atoms with Crippen LogP contribution < -0.4 is 9.64 Å². The van der Waals surface area contributed by atoms with Gasteiger partial charge in [0.25, 0.3) is 0 Å². The van der Waals surface area contributed by atoms with Crippen molar-refractivity contribution in [1.82, 2.24) is 14.7 Å². The smallest absolute Gasteiger partial charge is 0.128 e. The fourth-order valence-corrected chi connectivity index (χ4v) is 5.17. The van der Waals surface area contributed by atoms with E-state index in [-0.39, 0.29) is 0 Å². The number of hydrogen-bond donors (Lipinski definition) is 0. The van der Waals surface area contributed by atoms with E-state index >= 15 is 0 Å². The standard InChI is InChI=1S/C25H29ClN4O/c1-31-25-5-3-2-4-23(25)24-12-13-30(27-24)22-11-10-21(18-22)29-16-14-28(15-17-29)20-8-6-19(26)7-9-20/h2-9,12-13,21-22H,10-11,14-18H2,1H3. The van der Waals surface area contributed by atoms with E-state index in [1.807, 2.05) is 30.3 Å². The Kier molecular flexibility index (Phi) is 5.88. The molecule has 0 radical (unpaired) electrons. The molecule has 5 nitrogen and oxygen atoms in total. The van der Waals surface area contributed by atoms with Gasteiger partial charge in [0.2, 0.25) is 0 Å². The van der Waals surface area contributed by atoms with Gasteiger partial charge >= 0.3 is 0 Å². The molecule has 0 N–H and O–H groups in total. The number of para-hydroxylation sites is 1. The third kappa shape index (κ3) is 4.30. The van der Waals surface area contributed by atoms with Crippen LogP contribution in [0.15, 0.2) is 60.8 Å². The summed E-state index contributed by atoms with van der Waals surface area (Å²) in [6.45, 7) is 4.38. The van der Waals surface area contributed by atoms with E-state index in [0.29, 0.717) is 12.1 Å². The average molecular weight is 437 g/mol. The van der Waals surface area contributed by atoms with E-state index in [4.69, 9.17) is 21.4 Å². The largest absolute Gasteiger partial charge is 0.496 e. The normalized spacial score (nSPS) is 22.1. The lowest BCUT2D eigenvalue weighted by molar-refractivity contribution is 0.183. The molecule has 3 aromatic rings. The predicted molar refractivity (Wildman–Crippen MR) is 126 cm³/mol. The van der Waals surface area contributed by atoms with Crippen molar-refractivity contribution in [2.75, 3.05) is 38.2 Å². The maximum Gasteiger partial charge on any atom is 0.128 e. The quantitative estimate of drug-likeness (QED) is 0.555. The Balaban J connectivity index is 1.19. The van der Waals surface area contributed by atoms with Gasteiger partial charge in [0.15, 0.2) is 0 Å². The molecule has 2 fully saturated rings. The van der Waals surface area contributed by atoms with Crippen molar-refractivity contribution >= 4 is 17.3 Å². The first-order valence-corrected chi connectivity index (χ1v) is 11.5. The van der Waals surface area contributed by atoms with Gasteiger partial charge in [0.1, 0.15) is 5.75 Å². The van der Waals surface area contributed by atoms with Crippen LogP contribution in [0.5, 0.6) is 5.75 Å². The third-order valence-electron chi connectivity index (χ3n) is 6.77. The molecule has 2 aliphatic rings. The molecule has 2 aromatic carbocycles. The minimum Gasteiger partial charge on any atom is -0.496 e. The fraction of sp³-hybridized carbons (Fsp3) is 0.400. The van der Waals surface area contributed by atoms with Crippen molar-refractivity contribution in [3.63, 3.8) is 0 Å².